The molecular weight excluding hydrogens is 406 g/mol. The Morgan fingerprint density at radius 3 is 2.79 bits per heavy atom. The van der Waals surface area contributed by atoms with Crippen molar-refractivity contribution in [2.75, 3.05) is 36.5 Å². The minimum absolute atomic E-state index is 0.00795. The second-order valence-electron chi connectivity index (χ2n) is 6.13. The van der Waals surface area contributed by atoms with Crippen molar-refractivity contribution in [1.82, 2.24) is 9.88 Å². The number of anilines is 2. The zero-order chi connectivity index (χ0) is 21.0. The van der Waals surface area contributed by atoms with Gasteiger partial charge in [-0.25, -0.2) is 18.6 Å². The molecular formula is C18H18F2N4O4S. The number of esters is 1. The quantitative estimate of drug-likeness (QED) is 0.690. The summed E-state index contributed by atoms with van der Waals surface area (Å²) in [5, 5.41) is 4.52. The third-order valence-electron chi connectivity index (χ3n) is 4.07. The van der Waals surface area contributed by atoms with Crippen LogP contribution in [0.3, 0.4) is 0 Å². The Balaban J connectivity index is 1.55. The third kappa shape index (κ3) is 5.05. The van der Waals surface area contributed by atoms with E-state index >= 15 is 0 Å². The molecule has 1 aliphatic rings. The van der Waals surface area contributed by atoms with E-state index in [-0.39, 0.29) is 38.3 Å². The highest BCUT2D eigenvalue weighted by atomic mass is 32.1. The van der Waals surface area contributed by atoms with Gasteiger partial charge in [0.2, 0.25) is 5.91 Å². The van der Waals surface area contributed by atoms with Gasteiger partial charge in [0.15, 0.2) is 16.8 Å². The van der Waals surface area contributed by atoms with E-state index in [0.29, 0.717) is 10.8 Å². The summed E-state index contributed by atoms with van der Waals surface area (Å²) in [5.74, 6) is -2.91. The zero-order valence-electron chi connectivity index (χ0n) is 15.5. The Kier molecular flexibility index (Phi) is 6.37. The van der Waals surface area contributed by atoms with Crippen LogP contribution in [0.15, 0.2) is 23.6 Å². The molecule has 2 aromatic rings. The molecule has 3 rings (SSSR count). The zero-order valence-corrected chi connectivity index (χ0v) is 16.3. The lowest BCUT2D eigenvalue weighted by Crippen LogP contribution is -2.37. The number of thiazole rings is 1. The van der Waals surface area contributed by atoms with Crippen LogP contribution in [-0.4, -0.2) is 54.0 Å². The average Bonchev–Trinajstić information content (AvgIpc) is 3.24. The normalized spacial score (nSPS) is 13.7. The summed E-state index contributed by atoms with van der Waals surface area (Å²) in [6, 6.07) is 2.72. The molecule has 1 fully saturated rings. The van der Waals surface area contributed by atoms with Crippen molar-refractivity contribution < 1.29 is 27.9 Å². The fourth-order valence-corrected chi connectivity index (χ4v) is 3.49. The fourth-order valence-electron chi connectivity index (χ4n) is 2.76. The van der Waals surface area contributed by atoms with Crippen molar-refractivity contribution in [3.05, 3.63) is 40.9 Å². The fraction of sp³-hybridized carbons (Fsp3) is 0.333. The monoisotopic (exact) mass is 424 g/mol. The summed E-state index contributed by atoms with van der Waals surface area (Å²) < 4.78 is 31.3. The lowest BCUT2D eigenvalue weighted by Gasteiger charge is -2.18. The van der Waals surface area contributed by atoms with Crippen LogP contribution >= 0.6 is 11.3 Å². The SMILES string of the molecule is CCOC(=O)Cc1csc(NC(=O)CN2CCN(c3ccc(F)c(F)c3)C2=O)n1. The summed E-state index contributed by atoms with van der Waals surface area (Å²) >= 11 is 1.16. The molecule has 0 aliphatic carbocycles. The molecule has 0 saturated carbocycles. The van der Waals surface area contributed by atoms with E-state index in [1.807, 2.05) is 0 Å². The smallest absolute Gasteiger partial charge is 0.325 e. The van der Waals surface area contributed by atoms with Gasteiger partial charge in [0, 0.05) is 30.2 Å². The summed E-state index contributed by atoms with van der Waals surface area (Å²) in [6.07, 6.45) is 0.00795. The summed E-state index contributed by atoms with van der Waals surface area (Å²) in [5.41, 5.74) is 0.700. The van der Waals surface area contributed by atoms with E-state index in [1.165, 1.54) is 15.9 Å². The standard InChI is InChI=1S/C18H18F2N4O4S/c1-2-28-16(26)7-11-10-29-17(21-11)22-15(25)9-23-5-6-24(18(23)27)12-3-4-13(19)14(20)8-12/h3-4,8,10H,2,5-7,9H2,1H3,(H,21,22,25). The van der Waals surface area contributed by atoms with Crippen molar-refractivity contribution in [2.45, 2.75) is 13.3 Å². The number of halogens is 2. The van der Waals surface area contributed by atoms with Crippen LogP contribution in [0.5, 0.6) is 0 Å². The van der Waals surface area contributed by atoms with Gasteiger partial charge in [-0.05, 0) is 19.1 Å². The van der Waals surface area contributed by atoms with Gasteiger partial charge >= 0.3 is 12.0 Å². The number of rotatable bonds is 7. The number of urea groups is 1. The number of benzene rings is 1. The number of nitrogens with one attached hydrogen (secondary N) is 1. The number of amides is 3. The van der Waals surface area contributed by atoms with E-state index < -0.39 is 29.5 Å². The summed E-state index contributed by atoms with van der Waals surface area (Å²) in [6.45, 7) is 2.27. The first-order chi connectivity index (χ1) is 13.9. The molecule has 154 valence electrons. The Morgan fingerprint density at radius 1 is 1.28 bits per heavy atom. The second-order valence-corrected chi connectivity index (χ2v) is 6.99. The van der Waals surface area contributed by atoms with Gasteiger partial charge in [0.25, 0.3) is 0 Å². The Labute approximate surface area is 169 Å². The first-order valence-corrected chi connectivity index (χ1v) is 9.66. The summed E-state index contributed by atoms with van der Waals surface area (Å²) in [7, 11) is 0. The Hall–Kier alpha value is -3.08. The van der Waals surface area contributed by atoms with Crippen LogP contribution in [-0.2, 0) is 20.7 Å². The lowest BCUT2D eigenvalue weighted by atomic mass is 10.3. The van der Waals surface area contributed by atoms with Crippen LogP contribution in [0.4, 0.5) is 24.4 Å². The number of hydrogen-bond donors (Lipinski definition) is 1. The molecule has 11 heteroatoms. The van der Waals surface area contributed by atoms with E-state index in [2.05, 4.69) is 10.3 Å². The highest BCUT2D eigenvalue weighted by Crippen LogP contribution is 2.23. The third-order valence-corrected chi connectivity index (χ3v) is 4.88. The van der Waals surface area contributed by atoms with Crippen molar-refractivity contribution >= 4 is 40.1 Å². The van der Waals surface area contributed by atoms with Crippen LogP contribution < -0.4 is 10.2 Å². The molecule has 29 heavy (non-hydrogen) atoms. The average molecular weight is 424 g/mol. The maximum Gasteiger partial charge on any atom is 0.325 e. The molecule has 0 spiro atoms. The predicted octanol–water partition coefficient (Wildman–Crippen LogP) is 2.41. The van der Waals surface area contributed by atoms with Crippen molar-refractivity contribution in [2.24, 2.45) is 0 Å². The molecule has 0 atom stereocenters. The van der Waals surface area contributed by atoms with Crippen molar-refractivity contribution in [3.8, 4) is 0 Å². The van der Waals surface area contributed by atoms with E-state index in [0.717, 1.165) is 23.5 Å². The molecule has 1 saturated heterocycles. The molecule has 1 aromatic heterocycles. The molecule has 8 nitrogen and oxygen atoms in total. The van der Waals surface area contributed by atoms with Gasteiger partial charge in [0.1, 0.15) is 6.54 Å². The van der Waals surface area contributed by atoms with Gasteiger partial charge in [-0.1, -0.05) is 0 Å². The largest absolute Gasteiger partial charge is 0.466 e. The first-order valence-electron chi connectivity index (χ1n) is 8.78. The minimum Gasteiger partial charge on any atom is -0.466 e. The predicted molar refractivity (Wildman–Crippen MR) is 102 cm³/mol. The number of carbonyl (C=O) groups excluding carboxylic acids is 3. The number of nitrogens with zero attached hydrogens (tertiary/aromatic N) is 3. The molecule has 0 bridgehead atoms. The highest BCUT2D eigenvalue weighted by molar-refractivity contribution is 7.13. The molecule has 0 unspecified atom stereocenters. The van der Waals surface area contributed by atoms with Gasteiger partial charge in [0.05, 0.1) is 18.7 Å². The van der Waals surface area contributed by atoms with Crippen LogP contribution in [0.25, 0.3) is 0 Å². The molecule has 1 aromatic carbocycles. The lowest BCUT2D eigenvalue weighted by molar-refractivity contribution is -0.142. The molecule has 1 aliphatic heterocycles. The second kappa shape index (κ2) is 8.95. The van der Waals surface area contributed by atoms with Crippen LogP contribution in [0, 0.1) is 11.6 Å². The van der Waals surface area contributed by atoms with Crippen molar-refractivity contribution in [1.29, 1.82) is 0 Å². The van der Waals surface area contributed by atoms with Gasteiger partial charge in [-0.15, -0.1) is 11.3 Å². The van der Waals surface area contributed by atoms with E-state index in [1.54, 1.807) is 12.3 Å². The molecule has 1 N–H and O–H groups in total. The molecule has 3 amide bonds. The van der Waals surface area contributed by atoms with Gasteiger partial charge in [-0.2, -0.15) is 0 Å². The minimum atomic E-state index is -1.05. The van der Waals surface area contributed by atoms with Gasteiger partial charge < -0.3 is 15.0 Å². The van der Waals surface area contributed by atoms with E-state index in [4.69, 9.17) is 4.74 Å². The maximum absolute atomic E-state index is 13.4. The topological polar surface area (TPSA) is 91.8 Å². The Morgan fingerprint density at radius 2 is 2.07 bits per heavy atom. The highest BCUT2D eigenvalue weighted by Gasteiger charge is 2.31. The maximum atomic E-state index is 13.4. The van der Waals surface area contributed by atoms with Gasteiger partial charge in [-0.3, -0.25) is 14.5 Å². The number of aromatic nitrogens is 1. The number of hydrogen-bond acceptors (Lipinski definition) is 6. The summed E-state index contributed by atoms with van der Waals surface area (Å²) in [4.78, 5) is 42.9. The number of carbonyl (C=O) groups is 3. The van der Waals surface area contributed by atoms with Crippen molar-refractivity contribution in [3.63, 3.8) is 0 Å². The Bertz CT molecular complexity index is 936. The molecule has 2 heterocycles. The number of ether oxygens (including phenoxy) is 1. The molecule has 0 radical (unpaired) electrons. The van der Waals surface area contributed by atoms with Crippen LogP contribution in [0.2, 0.25) is 0 Å². The first kappa shape index (κ1) is 20.6. The van der Waals surface area contributed by atoms with E-state index in [9.17, 15) is 23.2 Å². The van der Waals surface area contributed by atoms with Crippen LogP contribution in [0.1, 0.15) is 12.6 Å².